The van der Waals surface area contributed by atoms with E-state index in [2.05, 4.69) is 10.6 Å². The van der Waals surface area contributed by atoms with E-state index in [-0.39, 0.29) is 18.1 Å². The summed E-state index contributed by atoms with van der Waals surface area (Å²) < 4.78 is 10.5. The smallest absolute Gasteiger partial charge is 0.348 e. The first-order chi connectivity index (χ1) is 13.8. The van der Waals surface area contributed by atoms with E-state index in [0.717, 1.165) is 11.1 Å². The van der Waals surface area contributed by atoms with Gasteiger partial charge in [0.25, 0.3) is 5.91 Å². The molecule has 0 saturated heterocycles. The van der Waals surface area contributed by atoms with Gasteiger partial charge in [0.1, 0.15) is 0 Å². The fourth-order valence-electron chi connectivity index (χ4n) is 2.74. The van der Waals surface area contributed by atoms with E-state index in [1.165, 1.54) is 6.92 Å². The highest BCUT2D eigenvalue weighted by atomic mass is 16.6. The second-order valence-corrected chi connectivity index (χ2v) is 6.76. The predicted molar refractivity (Wildman–Crippen MR) is 108 cm³/mol. The number of Topliss-reactive ketones (excluding diaryl/α,β-unsaturated/α-hetero) is 1. The van der Waals surface area contributed by atoms with Crippen molar-refractivity contribution in [2.45, 2.75) is 26.9 Å². The number of benzene rings is 2. The third kappa shape index (κ3) is 4.82. The van der Waals surface area contributed by atoms with E-state index in [0.29, 0.717) is 11.4 Å². The van der Waals surface area contributed by atoms with Crippen LogP contribution in [0.15, 0.2) is 60.0 Å². The molecule has 0 fully saturated rings. The molecule has 0 unspecified atom stereocenters. The molecule has 1 heterocycles. The summed E-state index contributed by atoms with van der Waals surface area (Å²) in [6.45, 7) is 4.97. The lowest BCUT2D eigenvalue weighted by Gasteiger charge is -2.15. The molecule has 1 aliphatic rings. The van der Waals surface area contributed by atoms with Crippen LogP contribution in [-0.2, 0) is 23.9 Å². The maximum absolute atomic E-state index is 12.5. The minimum Gasteiger partial charge on any atom is -0.470 e. The van der Waals surface area contributed by atoms with Gasteiger partial charge in [0.05, 0.1) is 0 Å². The molecule has 29 heavy (non-hydrogen) atoms. The molecule has 7 nitrogen and oxygen atoms in total. The monoisotopic (exact) mass is 394 g/mol. The zero-order valence-corrected chi connectivity index (χ0v) is 16.4. The molecule has 0 radical (unpaired) electrons. The Hall–Kier alpha value is -3.61. The van der Waals surface area contributed by atoms with Crippen molar-refractivity contribution in [3.63, 3.8) is 0 Å². The number of aryl methyl sites for hydroxylation is 2. The van der Waals surface area contributed by atoms with E-state index in [1.54, 1.807) is 24.3 Å². The first-order valence-electron chi connectivity index (χ1n) is 9.16. The minimum atomic E-state index is -1.10. The second kappa shape index (κ2) is 8.60. The lowest BCUT2D eigenvalue weighted by molar-refractivity contribution is -0.150. The number of nitrogens with one attached hydrogen (secondary N) is 2. The number of rotatable bonds is 6. The number of hydrogen-bond donors (Lipinski definition) is 2. The van der Waals surface area contributed by atoms with Crippen molar-refractivity contribution in [3.8, 4) is 0 Å². The van der Waals surface area contributed by atoms with E-state index >= 15 is 0 Å². The Labute approximate surface area is 168 Å². The molecule has 2 aromatic rings. The quantitative estimate of drug-likeness (QED) is 0.578. The number of hydrogen-bond acceptors (Lipinski definition) is 6. The minimum absolute atomic E-state index is 0.0216. The molecule has 2 aromatic carbocycles. The average Bonchev–Trinajstić information content (AvgIpc) is 3.05. The van der Waals surface area contributed by atoms with E-state index in [9.17, 15) is 14.4 Å². The molecule has 0 aromatic heterocycles. The van der Waals surface area contributed by atoms with Gasteiger partial charge in [0, 0.05) is 11.4 Å². The topological polar surface area (TPSA) is 93.7 Å². The highest BCUT2D eigenvalue weighted by Gasteiger charge is 2.34. The van der Waals surface area contributed by atoms with Gasteiger partial charge in [0.2, 0.25) is 11.7 Å². The van der Waals surface area contributed by atoms with Gasteiger partial charge in [-0.2, -0.15) is 0 Å². The van der Waals surface area contributed by atoms with Crippen molar-refractivity contribution in [1.29, 1.82) is 0 Å². The zero-order chi connectivity index (χ0) is 21.0. The molecule has 2 N–H and O–H groups in total. The van der Waals surface area contributed by atoms with Crippen LogP contribution in [0.1, 0.15) is 18.1 Å². The lowest BCUT2D eigenvalue weighted by atomic mass is 10.1. The van der Waals surface area contributed by atoms with Crippen LogP contribution in [0.25, 0.3) is 0 Å². The van der Waals surface area contributed by atoms with Gasteiger partial charge in [-0.25, -0.2) is 4.79 Å². The number of amides is 1. The van der Waals surface area contributed by atoms with Gasteiger partial charge in [0.15, 0.2) is 18.3 Å². The summed E-state index contributed by atoms with van der Waals surface area (Å²) in [5.74, 6) is -1.88. The van der Waals surface area contributed by atoms with Gasteiger partial charge in [-0.1, -0.05) is 30.3 Å². The van der Waals surface area contributed by atoms with Gasteiger partial charge in [-0.15, -0.1) is 0 Å². The molecule has 1 aliphatic heterocycles. The van der Waals surface area contributed by atoms with Gasteiger partial charge >= 0.3 is 5.97 Å². The number of ether oxygens (including phenoxy) is 2. The molecule has 0 saturated carbocycles. The number of esters is 1. The Bertz CT molecular complexity index is 982. The third-order valence-electron chi connectivity index (χ3n) is 4.39. The van der Waals surface area contributed by atoms with Crippen molar-refractivity contribution >= 4 is 29.0 Å². The molecule has 3 rings (SSSR count). The van der Waals surface area contributed by atoms with Crippen molar-refractivity contribution in [2.75, 3.05) is 17.2 Å². The number of ketones is 1. The van der Waals surface area contributed by atoms with Crippen LogP contribution in [0.2, 0.25) is 0 Å². The predicted octanol–water partition coefficient (Wildman–Crippen LogP) is 3.10. The summed E-state index contributed by atoms with van der Waals surface area (Å²) in [7, 11) is 0. The molecule has 1 amide bonds. The van der Waals surface area contributed by atoms with Crippen LogP contribution in [0.3, 0.4) is 0 Å². The normalized spacial score (nSPS) is 14.2. The first-order valence-corrected chi connectivity index (χ1v) is 9.16. The Kier molecular flexibility index (Phi) is 5.97. The van der Waals surface area contributed by atoms with E-state index in [1.807, 2.05) is 38.1 Å². The van der Waals surface area contributed by atoms with E-state index < -0.39 is 23.8 Å². The maximum atomic E-state index is 12.5. The first kappa shape index (κ1) is 20.1. The Balaban J connectivity index is 1.70. The Morgan fingerprint density at radius 1 is 1.10 bits per heavy atom. The molecule has 0 bridgehead atoms. The summed E-state index contributed by atoms with van der Waals surface area (Å²) >= 11 is 0. The van der Waals surface area contributed by atoms with Crippen molar-refractivity contribution in [1.82, 2.24) is 0 Å². The van der Waals surface area contributed by atoms with Crippen LogP contribution < -0.4 is 10.6 Å². The molecular weight excluding hydrogens is 372 g/mol. The standard InChI is InChI=1S/C22H22N2O5/c1-13-9-10-14(2)17(11-13)24-20(26)15(3)29-22(27)19-18(25)12-28-21(19)23-16-7-5-4-6-8-16/h4-11,15,23H,12H2,1-3H3,(H,24,26)/t15-/m0/s1. The lowest BCUT2D eigenvalue weighted by Crippen LogP contribution is -2.31. The third-order valence-corrected chi connectivity index (χ3v) is 4.39. The summed E-state index contributed by atoms with van der Waals surface area (Å²) in [5, 5.41) is 5.64. The Morgan fingerprint density at radius 3 is 2.55 bits per heavy atom. The highest BCUT2D eigenvalue weighted by molar-refractivity contribution is 6.20. The number of para-hydroxylation sites is 1. The van der Waals surface area contributed by atoms with Crippen molar-refractivity contribution in [3.05, 3.63) is 71.1 Å². The van der Waals surface area contributed by atoms with Crippen LogP contribution in [0.5, 0.6) is 0 Å². The summed E-state index contributed by atoms with van der Waals surface area (Å²) in [6.07, 6.45) is -1.10. The van der Waals surface area contributed by atoms with Crippen molar-refractivity contribution in [2.24, 2.45) is 0 Å². The van der Waals surface area contributed by atoms with Crippen molar-refractivity contribution < 1.29 is 23.9 Å². The van der Waals surface area contributed by atoms with E-state index in [4.69, 9.17) is 9.47 Å². The Morgan fingerprint density at radius 2 is 1.83 bits per heavy atom. The number of carbonyl (C=O) groups is 3. The van der Waals surface area contributed by atoms with Gasteiger partial charge < -0.3 is 20.1 Å². The molecule has 1 atom stereocenters. The molecule has 7 heteroatoms. The maximum Gasteiger partial charge on any atom is 0.348 e. The van der Waals surface area contributed by atoms with Crippen LogP contribution in [-0.4, -0.2) is 30.4 Å². The second-order valence-electron chi connectivity index (χ2n) is 6.76. The number of carbonyl (C=O) groups excluding carboxylic acids is 3. The summed E-state index contributed by atoms with van der Waals surface area (Å²) in [4.78, 5) is 37.1. The van der Waals surface area contributed by atoms with Crippen LogP contribution in [0, 0.1) is 13.8 Å². The summed E-state index contributed by atoms with van der Waals surface area (Å²) in [6, 6.07) is 14.6. The molecule has 0 spiro atoms. The van der Waals surface area contributed by atoms with Crippen LogP contribution >= 0.6 is 0 Å². The zero-order valence-electron chi connectivity index (χ0n) is 16.4. The highest BCUT2D eigenvalue weighted by Crippen LogP contribution is 2.22. The fraction of sp³-hybridized carbons (Fsp3) is 0.227. The van der Waals surface area contributed by atoms with Gasteiger partial charge in [-0.3, -0.25) is 9.59 Å². The largest absolute Gasteiger partial charge is 0.470 e. The van der Waals surface area contributed by atoms with Crippen LogP contribution in [0.4, 0.5) is 11.4 Å². The SMILES string of the molecule is Cc1ccc(C)c(NC(=O)[C@H](C)OC(=O)C2=C(Nc3ccccc3)OCC2=O)c1. The fourth-order valence-corrected chi connectivity index (χ4v) is 2.74. The molecule has 0 aliphatic carbocycles. The number of anilines is 2. The summed E-state index contributed by atoms with van der Waals surface area (Å²) in [5.41, 5.74) is 2.94. The average molecular weight is 394 g/mol. The molecular formula is C22H22N2O5. The molecule has 150 valence electrons. The van der Waals surface area contributed by atoms with Gasteiger partial charge in [-0.05, 0) is 50.1 Å².